The molecule has 3 rings (SSSR count). The monoisotopic (exact) mass is 266 g/mol. The Morgan fingerprint density at radius 3 is 2.60 bits per heavy atom. The molecule has 2 aromatic carbocycles. The number of ether oxygens (including phenoxy) is 1. The van der Waals surface area contributed by atoms with E-state index in [1.807, 2.05) is 31.2 Å². The minimum Gasteiger partial charge on any atom is -0.508 e. The van der Waals surface area contributed by atoms with Crippen LogP contribution in [0.5, 0.6) is 17.2 Å². The van der Waals surface area contributed by atoms with Crippen molar-refractivity contribution in [2.75, 3.05) is 0 Å². The number of aryl methyl sites for hydroxylation is 1. The molecular formula is C16H14N2O2. The molecule has 0 aliphatic carbocycles. The van der Waals surface area contributed by atoms with Crippen LogP contribution in [-0.4, -0.2) is 14.9 Å². The van der Waals surface area contributed by atoms with Gasteiger partial charge in [0.05, 0.1) is 18.1 Å². The molecule has 1 aromatic heterocycles. The van der Waals surface area contributed by atoms with Gasteiger partial charge in [-0.15, -0.1) is 0 Å². The third-order valence-corrected chi connectivity index (χ3v) is 2.91. The van der Waals surface area contributed by atoms with E-state index in [2.05, 4.69) is 5.10 Å². The van der Waals surface area contributed by atoms with Crippen molar-refractivity contribution < 1.29 is 9.84 Å². The van der Waals surface area contributed by atoms with Crippen LogP contribution >= 0.6 is 0 Å². The third-order valence-electron chi connectivity index (χ3n) is 2.91. The van der Waals surface area contributed by atoms with Crippen molar-refractivity contribution in [3.8, 4) is 22.9 Å². The van der Waals surface area contributed by atoms with E-state index in [-0.39, 0.29) is 5.75 Å². The Hall–Kier alpha value is -2.75. The van der Waals surface area contributed by atoms with Gasteiger partial charge in [0.15, 0.2) is 5.75 Å². The molecule has 0 aliphatic rings. The zero-order valence-corrected chi connectivity index (χ0v) is 11.0. The summed E-state index contributed by atoms with van der Waals surface area (Å²) in [7, 11) is 0. The molecule has 100 valence electrons. The van der Waals surface area contributed by atoms with Gasteiger partial charge in [-0.3, -0.25) is 0 Å². The molecule has 0 saturated carbocycles. The summed E-state index contributed by atoms with van der Waals surface area (Å²) in [5, 5.41) is 13.7. The Morgan fingerprint density at radius 2 is 1.85 bits per heavy atom. The maximum atomic E-state index is 9.40. The van der Waals surface area contributed by atoms with Crippen molar-refractivity contribution in [1.82, 2.24) is 9.78 Å². The molecule has 1 heterocycles. The zero-order chi connectivity index (χ0) is 13.9. The lowest BCUT2D eigenvalue weighted by Gasteiger charge is -2.03. The van der Waals surface area contributed by atoms with Gasteiger partial charge in [-0.1, -0.05) is 23.8 Å². The second kappa shape index (κ2) is 5.09. The number of aromatic nitrogens is 2. The normalized spacial score (nSPS) is 10.4. The molecule has 3 aromatic rings. The Bertz CT molecular complexity index is 717. The summed E-state index contributed by atoms with van der Waals surface area (Å²) in [5.74, 6) is 1.37. The molecule has 0 saturated heterocycles. The van der Waals surface area contributed by atoms with Crippen LogP contribution in [0.25, 0.3) is 5.69 Å². The third kappa shape index (κ3) is 2.64. The number of benzene rings is 2. The van der Waals surface area contributed by atoms with Crippen LogP contribution in [0, 0.1) is 6.92 Å². The Kier molecular flexibility index (Phi) is 3.13. The highest BCUT2D eigenvalue weighted by Crippen LogP contribution is 2.24. The van der Waals surface area contributed by atoms with Crippen molar-refractivity contribution in [2.45, 2.75) is 6.92 Å². The molecule has 0 aliphatic heterocycles. The number of phenolic OH excluding ortho intramolecular Hbond substituents is 1. The van der Waals surface area contributed by atoms with Crippen LogP contribution in [0.2, 0.25) is 0 Å². The molecule has 4 heteroatoms. The first kappa shape index (κ1) is 12.3. The van der Waals surface area contributed by atoms with Gasteiger partial charge in [-0.2, -0.15) is 5.10 Å². The van der Waals surface area contributed by atoms with E-state index < -0.39 is 0 Å². The van der Waals surface area contributed by atoms with Crippen LogP contribution in [0.1, 0.15) is 5.56 Å². The fourth-order valence-corrected chi connectivity index (χ4v) is 1.88. The molecule has 0 radical (unpaired) electrons. The van der Waals surface area contributed by atoms with E-state index in [1.54, 1.807) is 41.3 Å². The molecule has 0 amide bonds. The highest BCUT2D eigenvalue weighted by molar-refractivity contribution is 5.37. The van der Waals surface area contributed by atoms with Gasteiger partial charge in [0.1, 0.15) is 11.5 Å². The van der Waals surface area contributed by atoms with E-state index in [0.717, 1.165) is 5.69 Å². The largest absolute Gasteiger partial charge is 0.508 e. The molecule has 4 nitrogen and oxygen atoms in total. The molecular weight excluding hydrogens is 252 g/mol. The summed E-state index contributed by atoms with van der Waals surface area (Å²) in [5.41, 5.74) is 2.18. The second-order valence-corrected chi connectivity index (χ2v) is 4.56. The van der Waals surface area contributed by atoms with E-state index >= 15 is 0 Å². The summed E-state index contributed by atoms with van der Waals surface area (Å²) in [6.45, 7) is 2.04. The van der Waals surface area contributed by atoms with E-state index in [9.17, 15) is 5.11 Å². The average Bonchev–Trinajstić information content (AvgIpc) is 2.88. The topological polar surface area (TPSA) is 47.3 Å². The van der Waals surface area contributed by atoms with E-state index in [0.29, 0.717) is 11.5 Å². The fourth-order valence-electron chi connectivity index (χ4n) is 1.88. The maximum Gasteiger partial charge on any atom is 0.165 e. The van der Waals surface area contributed by atoms with Crippen molar-refractivity contribution >= 4 is 0 Å². The lowest BCUT2D eigenvalue weighted by molar-refractivity contribution is 0.455. The minimum atomic E-state index is 0.174. The van der Waals surface area contributed by atoms with Gasteiger partial charge < -0.3 is 9.84 Å². The number of nitrogens with zero attached hydrogens (tertiary/aromatic N) is 2. The first-order chi connectivity index (χ1) is 9.70. The Labute approximate surface area is 116 Å². The molecule has 0 atom stereocenters. The van der Waals surface area contributed by atoms with Crippen molar-refractivity contribution in [1.29, 1.82) is 0 Å². The van der Waals surface area contributed by atoms with Crippen molar-refractivity contribution in [3.05, 3.63) is 66.5 Å². The van der Waals surface area contributed by atoms with Crippen molar-refractivity contribution in [3.63, 3.8) is 0 Å². The number of phenols is 1. The second-order valence-electron chi connectivity index (χ2n) is 4.56. The Balaban J connectivity index is 1.82. The number of hydrogen-bond acceptors (Lipinski definition) is 3. The molecule has 20 heavy (non-hydrogen) atoms. The summed E-state index contributed by atoms with van der Waals surface area (Å²) < 4.78 is 7.39. The lowest BCUT2D eigenvalue weighted by Crippen LogP contribution is -1.93. The van der Waals surface area contributed by atoms with Crippen LogP contribution in [0.3, 0.4) is 0 Å². The van der Waals surface area contributed by atoms with Gasteiger partial charge in [-0.05, 0) is 31.2 Å². The van der Waals surface area contributed by atoms with Crippen LogP contribution in [-0.2, 0) is 0 Å². The highest BCUT2D eigenvalue weighted by Gasteiger charge is 2.03. The molecule has 0 spiro atoms. The van der Waals surface area contributed by atoms with Crippen molar-refractivity contribution in [2.24, 2.45) is 0 Å². The SMILES string of the molecule is Cc1ccc(-n2cc(Oc3cccc(O)c3)cn2)cc1. The van der Waals surface area contributed by atoms with Gasteiger partial charge in [-0.25, -0.2) is 4.68 Å². The van der Waals surface area contributed by atoms with Crippen LogP contribution in [0.4, 0.5) is 0 Å². The zero-order valence-electron chi connectivity index (χ0n) is 11.0. The van der Waals surface area contributed by atoms with Gasteiger partial charge in [0.2, 0.25) is 0 Å². The summed E-state index contributed by atoms with van der Waals surface area (Å²) in [4.78, 5) is 0. The van der Waals surface area contributed by atoms with Crippen LogP contribution in [0.15, 0.2) is 60.9 Å². The molecule has 0 unspecified atom stereocenters. The van der Waals surface area contributed by atoms with E-state index in [1.165, 1.54) is 5.56 Å². The number of hydrogen-bond donors (Lipinski definition) is 1. The molecule has 1 N–H and O–H groups in total. The minimum absolute atomic E-state index is 0.174. The standard InChI is InChI=1S/C16H14N2O2/c1-12-5-7-13(8-6-12)18-11-16(10-17-18)20-15-4-2-3-14(19)9-15/h2-11,19H,1H3. The first-order valence-electron chi connectivity index (χ1n) is 6.29. The maximum absolute atomic E-state index is 9.40. The first-order valence-corrected chi connectivity index (χ1v) is 6.29. The van der Waals surface area contributed by atoms with Gasteiger partial charge in [0, 0.05) is 6.07 Å². The van der Waals surface area contributed by atoms with E-state index in [4.69, 9.17) is 4.74 Å². The number of rotatable bonds is 3. The van der Waals surface area contributed by atoms with Gasteiger partial charge in [0.25, 0.3) is 0 Å². The summed E-state index contributed by atoms with van der Waals surface area (Å²) in [6, 6.07) is 14.7. The fraction of sp³-hybridized carbons (Fsp3) is 0.0625. The Morgan fingerprint density at radius 1 is 1.05 bits per heavy atom. The smallest absolute Gasteiger partial charge is 0.165 e. The highest BCUT2D eigenvalue weighted by atomic mass is 16.5. The van der Waals surface area contributed by atoms with Gasteiger partial charge >= 0.3 is 0 Å². The molecule has 0 fully saturated rings. The molecule has 0 bridgehead atoms. The van der Waals surface area contributed by atoms with Crippen LogP contribution < -0.4 is 4.74 Å². The predicted molar refractivity (Wildman–Crippen MR) is 76.5 cm³/mol. The average molecular weight is 266 g/mol. The predicted octanol–water partition coefficient (Wildman–Crippen LogP) is 3.68. The summed E-state index contributed by atoms with van der Waals surface area (Å²) in [6.07, 6.45) is 3.44. The summed E-state index contributed by atoms with van der Waals surface area (Å²) >= 11 is 0. The lowest BCUT2D eigenvalue weighted by atomic mass is 10.2. The quantitative estimate of drug-likeness (QED) is 0.786. The number of aromatic hydroxyl groups is 1.